The number of fused-ring (bicyclic) bond motifs is 1. The summed E-state index contributed by atoms with van der Waals surface area (Å²) in [7, 11) is 0. The molecule has 1 aliphatic rings. The van der Waals surface area contributed by atoms with Crippen molar-refractivity contribution in [1.82, 2.24) is 9.97 Å². The van der Waals surface area contributed by atoms with Gasteiger partial charge < -0.3 is 0 Å². The highest BCUT2D eigenvalue weighted by Crippen LogP contribution is 2.31. The molecule has 3 heteroatoms. The first-order valence-electron chi connectivity index (χ1n) is 5.85. The number of benzene rings is 1. The molecular weight excluding hydrogens is 215 g/mol. The Labute approximate surface area is 99.5 Å². The van der Waals surface area contributed by atoms with E-state index in [1.54, 1.807) is 0 Å². The zero-order valence-electron chi connectivity index (χ0n) is 9.70. The van der Waals surface area contributed by atoms with Crippen molar-refractivity contribution < 1.29 is 4.39 Å². The molecule has 0 unspecified atom stereocenters. The zero-order valence-corrected chi connectivity index (χ0v) is 9.70. The molecule has 86 valence electrons. The molecule has 0 saturated carbocycles. The summed E-state index contributed by atoms with van der Waals surface area (Å²) in [4.78, 5) is 8.10. The molecule has 0 bridgehead atoms. The van der Waals surface area contributed by atoms with Crippen molar-refractivity contribution >= 4 is 0 Å². The summed E-state index contributed by atoms with van der Waals surface area (Å²) < 4.78 is 12.8. The van der Waals surface area contributed by atoms with Crippen molar-refractivity contribution in [2.24, 2.45) is 0 Å². The normalized spacial score (nSPS) is 13.8. The van der Waals surface area contributed by atoms with E-state index < -0.39 is 5.82 Å². The molecule has 1 aliphatic carbocycles. The Balaban J connectivity index is 2.12. The smallest absolute Gasteiger partial charge is 0.159 e. The van der Waals surface area contributed by atoms with Crippen molar-refractivity contribution in [2.75, 3.05) is 0 Å². The van der Waals surface area contributed by atoms with Gasteiger partial charge in [0.1, 0.15) is 0 Å². The maximum atomic E-state index is 12.8. The number of aryl methyl sites for hydroxylation is 1. The molecule has 0 N–H and O–H groups in total. The second-order valence-electron chi connectivity index (χ2n) is 4.45. The van der Waals surface area contributed by atoms with Gasteiger partial charge in [-0.3, -0.25) is 0 Å². The van der Waals surface area contributed by atoms with Crippen LogP contribution in [-0.2, 0) is 12.8 Å². The summed E-state index contributed by atoms with van der Waals surface area (Å²) in [5.41, 5.74) is 5.13. The predicted octanol–water partition coefficient (Wildman–Crippen LogP) is 3.08. The van der Waals surface area contributed by atoms with E-state index in [0.717, 1.165) is 12.0 Å². The third-order valence-electron chi connectivity index (χ3n) is 3.43. The Kier molecular flexibility index (Phi) is 2.39. The van der Waals surface area contributed by atoms with Crippen LogP contribution in [0.1, 0.15) is 23.1 Å². The van der Waals surface area contributed by atoms with Crippen LogP contribution in [0.5, 0.6) is 0 Å². The fourth-order valence-corrected chi connectivity index (χ4v) is 2.54. The van der Waals surface area contributed by atoms with Crippen LogP contribution in [0.15, 0.2) is 24.5 Å². The molecule has 3 rings (SSSR count). The molecule has 0 fully saturated rings. The summed E-state index contributed by atoms with van der Waals surface area (Å²) in [6, 6.07) is 4.20. The van der Waals surface area contributed by atoms with Crippen molar-refractivity contribution in [3.63, 3.8) is 0 Å². The lowest BCUT2D eigenvalue weighted by molar-refractivity contribution is 0.614. The van der Waals surface area contributed by atoms with Gasteiger partial charge in [0.05, 0.1) is 12.4 Å². The SMILES string of the molecule is Cc1c(-c2ncc(F)cn2)ccc2c1CCC2. The predicted molar refractivity (Wildman–Crippen MR) is 64.2 cm³/mol. The molecule has 1 heterocycles. The number of hydrogen-bond donors (Lipinski definition) is 0. The monoisotopic (exact) mass is 228 g/mol. The van der Waals surface area contributed by atoms with Crippen LogP contribution in [0.25, 0.3) is 11.4 Å². The van der Waals surface area contributed by atoms with Crippen LogP contribution in [0, 0.1) is 12.7 Å². The van der Waals surface area contributed by atoms with E-state index in [0.29, 0.717) is 5.82 Å². The van der Waals surface area contributed by atoms with Crippen LogP contribution in [0.3, 0.4) is 0 Å². The van der Waals surface area contributed by atoms with Gasteiger partial charge in [-0.15, -0.1) is 0 Å². The van der Waals surface area contributed by atoms with E-state index in [4.69, 9.17) is 0 Å². The first kappa shape index (κ1) is 10.4. The lowest BCUT2D eigenvalue weighted by Crippen LogP contribution is -1.96. The van der Waals surface area contributed by atoms with Crippen molar-refractivity contribution in [3.05, 3.63) is 47.0 Å². The molecule has 0 radical (unpaired) electrons. The average Bonchev–Trinajstić information content (AvgIpc) is 2.80. The number of hydrogen-bond acceptors (Lipinski definition) is 2. The quantitative estimate of drug-likeness (QED) is 0.749. The Morgan fingerprint density at radius 2 is 1.88 bits per heavy atom. The lowest BCUT2D eigenvalue weighted by atomic mass is 9.98. The minimum Gasteiger partial charge on any atom is -0.233 e. The van der Waals surface area contributed by atoms with E-state index in [2.05, 4.69) is 23.0 Å². The maximum absolute atomic E-state index is 12.8. The Morgan fingerprint density at radius 1 is 1.12 bits per heavy atom. The summed E-state index contributed by atoms with van der Waals surface area (Å²) in [6.45, 7) is 2.10. The highest BCUT2D eigenvalue weighted by atomic mass is 19.1. The number of aromatic nitrogens is 2. The van der Waals surface area contributed by atoms with E-state index in [9.17, 15) is 4.39 Å². The van der Waals surface area contributed by atoms with Gasteiger partial charge in [0.15, 0.2) is 11.6 Å². The van der Waals surface area contributed by atoms with E-state index >= 15 is 0 Å². The van der Waals surface area contributed by atoms with Gasteiger partial charge in [-0.05, 0) is 42.9 Å². The zero-order chi connectivity index (χ0) is 11.8. The summed E-state index contributed by atoms with van der Waals surface area (Å²) in [5.74, 6) is 0.214. The standard InChI is InChI=1S/C14H13FN2/c1-9-12-4-2-3-10(12)5-6-13(9)14-16-7-11(15)8-17-14/h5-8H,2-4H2,1H3. The summed E-state index contributed by atoms with van der Waals surface area (Å²) in [6.07, 6.45) is 5.96. The fourth-order valence-electron chi connectivity index (χ4n) is 2.54. The lowest BCUT2D eigenvalue weighted by Gasteiger charge is -2.09. The van der Waals surface area contributed by atoms with E-state index in [-0.39, 0.29) is 0 Å². The molecule has 2 aromatic rings. The van der Waals surface area contributed by atoms with Crippen molar-refractivity contribution in [1.29, 1.82) is 0 Å². The Hall–Kier alpha value is -1.77. The summed E-state index contributed by atoms with van der Waals surface area (Å²) in [5, 5.41) is 0. The molecule has 1 aromatic carbocycles. The minimum absolute atomic E-state index is 0.396. The van der Waals surface area contributed by atoms with Crippen LogP contribution < -0.4 is 0 Å². The summed E-state index contributed by atoms with van der Waals surface area (Å²) >= 11 is 0. The van der Waals surface area contributed by atoms with Gasteiger partial charge in [-0.2, -0.15) is 0 Å². The third kappa shape index (κ3) is 1.71. The van der Waals surface area contributed by atoms with Gasteiger partial charge in [-0.25, -0.2) is 14.4 Å². The maximum Gasteiger partial charge on any atom is 0.159 e. The fraction of sp³-hybridized carbons (Fsp3) is 0.286. The molecule has 0 amide bonds. The Morgan fingerprint density at radius 3 is 2.65 bits per heavy atom. The average molecular weight is 228 g/mol. The van der Waals surface area contributed by atoms with Gasteiger partial charge in [0.2, 0.25) is 0 Å². The second kappa shape index (κ2) is 3.91. The number of rotatable bonds is 1. The highest BCUT2D eigenvalue weighted by Gasteiger charge is 2.16. The molecule has 0 aliphatic heterocycles. The van der Waals surface area contributed by atoms with Crippen LogP contribution >= 0.6 is 0 Å². The molecular formula is C14H13FN2. The van der Waals surface area contributed by atoms with Gasteiger partial charge >= 0.3 is 0 Å². The molecule has 2 nitrogen and oxygen atoms in total. The minimum atomic E-state index is -0.396. The van der Waals surface area contributed by atoms with Crippen molar-refractivity contribution in [3.8, 4) is 11.4 Å². The molecule has 0 spiro atoms. The topological polar surface area (TPSA) is 25.8 Å². The number of halogens is 1. The van der Waals surface area contributed by atoms with E-state index in [1.165, 1.54) is 41.9 Å². The first-order valence-corrected chi connectivity index (χ1v) is 5.85. The molecule has 1 aromatic heterocycles. The molecule has 0 atom stereocenters. The molecule has 0 saturated heterocycles. The van der Waals surface area contributed by atoms with E-state index in [1.807, 2.05) is 6.07 Å². The van der Waals surface area contributed by atoms with Crippen molar-refractivity contribution in [2.45, 2.75) is 26.2 Å². The third-order valence-corrected chi connectivity index (χ3v) is 3.43. The van der Waals surface area contributed by atoms with Gasteiger partial charge in [0, 0.05) is 5.56 Å². The van der Waals surface area contributed by atoms with Crippen LogP contribution in [0.2, 0.25) is 0 Å². The van der Waals surface area contributed by atoms with Crippen LogP contribution in [-0.4, -0.2) is 9.97 Å². The second-order valence-corrected chi connectivity index (χ2v) is 4.45. The van der Waals surface area contributed by atoms with Gasteiger partial charge in [0.25, 0.3) is 0 Å². The molecule has 17 heavy (non-hydrogen) atoms. The first-order chi connectivity index (χ1) is 8.25. The highest BCUT2D eigenvalue weighted by molar-refractivity contribution is 5.63. The number of nitrogens with zero attached hydrogens (tertiary/aromatic N) is 2. The largest absolute Gasteiger partial charge is 0.233 e. The van der Waals surface area contributed by atoms with Gasteiger partial charge in [-0.1, -0.05) is 12.1 Å². The Bertz CT molecular complexity index is 561. The van der Waals surface area contributed by atoms with Crippen LogP contribution in [0.4, 0.5) is 4.39 Å².